The van der Waals surface area contributed by atoms with Crippen LogP contribution in [-0.2, 0) is 4.79 Å². The summed E-state index contributed by atoms with van der Waals surface area (Å²) in [5, 5.41) is 0. The number of ether oxygens (including phenoxy) is 2. The number of halogens is 3. The Morgan fingerprint density at radius 3 is 2.50 bits per heavy atom. The topological polar surface area (TPSA) is 35.5 Å². The number of esters is 1. The minimum absolute atomic E-state index is 0.0297. The van der Waals surface area contributed by atoms with Crippen molar-refractivity contribution in [1.29, 1.82) is 0 Å². The van der Waals surface area contributed by atoms with Crippen LogP contribution in [0.25, 0.3) is 0 Å². The largest absolute Gasteiger partial charge is 0.573 e. The van der Waals surface area contributed by atoms with Gasteiger partial charge in [0, 0.05) is 6.07 Å². The number of hydrogen-bond donors (Lipinski definition) is 0. The highest BCUT2D eigenvalue weighted by Crippen LogP contribution is 2.26. The summed E-state index contributed by atoms with van der Waals surface area (Å²) in [7, 11) is 0. The fraction of sp³-hybridized carbons (Fsp3) is 0.417. The molecule has 1 atom stereocenters. The molecule has 0 spiro atoms. The molecule has 0 aromatic heterocycles. The van der Waals surface area contributed by atoms with Crippen molar-refractivity contribution >= 4 is 5.97 Å². The molecule has 6 heteroatoms. The van der Waals surface area contributed by atoms with E-state index in [0.717, 1.165) is 12.1 Å². The van der Waals surface area contributed by atoms with Crippen LogP contribution in [0.2, 0.25) is 0 Å². The Kier molecular flexibility index (Phi) is 4.58. The van der Waals surface area contributed by atoms with Crippen LogP contribution in [0.5, 0.6) is 11.5 Å². The van der Waals surface area contributed by atoms with Gasteiger partial charge in [-0.1, -0.05) is 19.9 Å². The molecule has 0 radical (unpaired) electrons. The van der Waals surface area contributed by atoms with Crippen molar-refractivity contribution < 1.29 is 27.4 Å². The van der Waals surface area contributed by atoms with E-state index >= 15 is 0 Å². The van der Waals surface area contributed by atoms with Gasteiger partial charge in [0.1, 0.15) is 11.5 Å². The lowest BCUT2D eigenvalue weighted by molar-refractivity contribution is -0.274. The molecule has 0 aliphatic heterocycles. The van der Waals surface area contributed by atoms with Crippen molar-refractivity contribution in [1.82, 2.24) is 0 Å². The normalized spacial score (nSPS) is 12.9. The van der Waals surface area contributed by atoms with Crippen LogP contribution >= 0.6 is 0 Å². The zero-order valence-corrected chi connectivity index (χ0v) is 9.95. The maximum Gasteiger partial charge on any atom is 0.573 e. The predicted octanol–water partition coefficient (Wildman–Crippen LogP) is 3.54. The second-order valence-corrected chi connectivity index (χ2v) is 3.75. The van der Waals surface area contributed by atoms with Gasteiger partial charge in [-0.2, -0.15) is 0 Å². The first-order chi connectivity index (χ1) is 8.31. The lowest BCUT2D eigenvalue weighted by Gasteiger charge is -2.11. The molecule has 0 bridgehead atoms. The van der Waals surface area contributed by atoms with Crippen LogP contribution < -0.4 is 9.47 Å². The minimum atomic E-state index is -4.76. The quantitative estimate of drug-likeness (QED) is 0.615. The average molecular weight is 262 g/mol. The van der Waals surface area contributed by atoms with Gasteiger partial charge in [0.05, 0.1) is 5.92 Å². The molecule has 1 unspecified atom stereocenters. The fourth-order valence-corrected chi connectivity index (χ4v) is 1.12. The van der Waals surface area contributed by atoms with Crippen molar-refractivity contribution in [3.8, 4) is 11.5 Å². The molecule has 1 aromatic rings. The van der Waals surface area contributed by atoms with Crippen LogP contribution in [0.1, 0.15) is 20.3 Å². The highest BCUT2D eigenvalue weighted by Gasteiger charge is 2.31. The second-order valence-electron chi connectivity index (χ2n) is 3.75. The average Bonchev–Trinajstić information content (AvgIpc) is 2.26. The van der Waals surface area contributed by atoms with Gasteiger partial charge >= 0.3 is 12.3 Å². The number of rotatable bonds is 4. The summed E-state index contributed by atoms with van der Waals surface area (Å²) in [5.41, 5.74) is 0. The van der Waals surface area contributed by atoms with Crippen molar-refractivity contribution in [3.05, 3.63) is 24.3 Å². The van der Waals surface area contributed by atoms with Crippen molar-refractivity contribution in [2.45, 2.75) is 26.6 Å². The zero-order chi connectivity index (χ0) is 13.8. The maximum atomic E-state index is 12.0. The van der Waals surface area contributed by atoms with Crippen LogP contribution in [-0.4, -0.2) is 12.3 Å². The molecule has 0 saturated heterocycles. The molecule has 0 fully saturated rings. The molecular formula is C12H13F3O3. The van der Waals surface area contributed by atoms with E-state index < -0.39 is 18.1 Å². The van der Waals surface area contributed by atoms with E-state index in [2.05, 4.69) is 4.74 Å². The Bertz CT molecular complexity index is 415. The Labute approximate surface area is 103 Å². The summed E-state index contributed by atoms with van der Waals surface area (Å²) in [5.74, 6) is -1.18. The van der Waals surface area contributed by atoms with Gasteiger partial charge in [-0.3, -0.25) is 4.79 Å². The first kappa shape index (κ1) is 14.3. The van der Waals surface area contributed by atoms with Gasteiger partial charge in [0.2, 0.25) is 0 Å². The number of carbonyl (C=O) groups is 1. The SMILES string of the molecule is CCC(C)C(=O)Oc1cccc(OC(F)(F)F)c1. The van der Waals surface area contributed by atoms with E-state index in [9.17, 15) is 18.0 Å². The Balaban J connectivity index is 2.74. The molecule has 0 aliphatic carbocycles. The summed E-state index contributed by atoms with van der Waals surface area (Å²) in [6, 6.07) is 4.87. The number of hydrogen-bond acceptors (Lipinski definition) is 3. The van der Waals surface area contributed by atoms with Crippen LogP contribution in [0, 0.1) is 5.92 Å². The molecule has 3 nitrogen and oxygen atoms in total. The van der Waals surface area contributed by atoms with Gasteiger partial charge in [0.15, 0.2) is 0 Å². The molecule has 0 amide bonds. The smallest absolute Gasteiger partial charge is 0.426 e. The Morgan fingerprint density at radius 2 is 1.94 bits per heavy atom. The predicted molar refractivity (Wildman–Crippen MR) is 58.2 cm³/mol. The van der Waals surface area contributed by atoms with Crippen molar-refractivity contribution in [2.75, 3.05) is 0 Å². The van der Waals surface area contributed by atoms with Gasteiger partial charge in [-0.25, -0.2) is 0 Å². The fourth-order valence-electron chi connectivity index (χ4n) is 1.12. The Hall–Kier alpha value is -1.72. The van der Waals surface area contributed by atoms with E-state index in [0.29, 0.717) is 6.42 Å². The molecule has 0 aliphatic rings. The van der Waals surface area contributed by atoms with E-state index in [1.54, 1.807) is 6.92 Å². The summed E-state index contributed by atoms with van der Waals surface area (Å²) >= 11 is 0. The third kappa shape index (κ3) is 4.65. The molecular weight excluding hydrogens is 249 g/mol. The molecule has 0 heterocycles. The van der Waals surface area contributed by atoms with Gasteiger partial charge in [0.25, 0.3) is 0 Å². The minimum Gasteiger partial charge on any atom is -0.426 e. The van der Waals surface area contributed by atoms with E-state index in [1.165, 1.54) is 12.1 Å². The lowest BCUT2D eigenvalue weighted by Crippen LogP contribution is -2.18. The molecule has 18 heavy (non-hydrogen) atoms. The molecule has 1 rings (SSSR count). The molecule has 0 saturated carbocycles. The zero-order valence-electron chi connectivity index (χ0n) is 9.95. The summed E-state index contributed by atoms with van der Waals surface area (Å²) in [4.78, 5) is 11.5. The third-order valence-corrected chi connectivity index (χ3v) is 2.27. The summed E-state index contributed by atoms with van der Waals surface area (Å²) in [6.07, 6.45) is -4.17. The van der Waals surface area contributed by atoms with Gasteiger partial charge < -0.3 is 9.47 Å². The van der Waals surface area contributed by atoms with Crippen molar-refractivity contribution in [3.63, 3.8) is 0 Å². The highest BCUT2D eigenvalue weighted by atomic mass is 19.4. The number of carbonyl (C=O) groups excluding carboxylic acids is 1. The summed E-state index contributed by atoms with van der Waals surface area (Å²) < 4.78 is 44.6. The second kappa shape index (κ2) is 5.75. The summed E-state index contributed by atoms with van der Waals surface area (Å²) in [6.45, 7) is 3.49. The Morgan fingerprint density at radius 1 is 1.33 bits per heavy atom. The maximum absolute atomic E-state index is 12.0. The number of alkyl halides is 3. The van der Waals surface area contributed by atoms with Crippen LogP contribution in [0.15, 0.2) is 24.3 Å². The monoisotopic (exact) mass is 262 g/mol. The van der Waals surface area contributed by atoms with E-state index in [4.69, 9.17) is 4.74 Å². The van der Waals surface area contributed by atoms with Crippen LogP contribution in [0.4, 0.5) is 13.2 Å². The lowest BCUT2D eigenvalue weighted by atomic mass is 10.1. The third-order valence-electron chi connectivity index (χ3n) is 2.27. The molecule has 0 N–H and O–H groups in total. The van der Waals surface area contributed by atoms with Gasteiger partial charge in [-0.15, -0.1) is 13.2 Å². The van der Waals surface area contributed by atoms with Crippen LogP contribution in [0.3, 0.4) is 0 Å². The standard InChI is InChI=1S/C12H13F3O3/c1-3-8(2)11(16)17-9-5-4-6-10(7-9)18-12(13,14)15/h4-8H,3H2,1-2H3. The molecule has 1 aromatic carbocycles. The van der Waals surface area contributed by atoms with E-state index in [1.807, 2.05) is 6.92 Å². The van der Waals surface area contributed by atoms with E-state index in [-0.39, 0.29) is 11.7 Å². The highest BCUT2D eigenvalue weighted by molar-refractivity contribution is 5.74. The first-order valence-electron chi connectivity index (χ1n) is 5.39. The number of benzene rings is 1. The van der Waals surface area contributed by atoms with Gasteiger partial charge in [-0.05, 0) is 18.6 Å². The first-order valence-corrected chi connectivity index (χ1v) is 5.39. The van der Waals surface area contributed by atoms with Crippen molar-refractivity contribution in [2.24, 2.45) is 5.92 Å². The molecule has 100 valence electrons.